The van der Waals surface area contributed by atoms with Crippen molar-refractivity contribution in [3.63, 3.8) is 0 Å². The third-order valence-electron chi connectivity index (χ3n) is 10.0. The fourth-order valence-corrected chi connectivity index (χ4v) is 7.42. The highest BCUT2D eigenvalue weighted by molar-refractivity contribution is 5.95. The summed E-state index contributed by atoms with van der Waals surface area (Å²) in [6, 6.07) is 17.2. The predicted octanol–water partition coefficient (Wildman–Crippen LogP) is 11.6. The van der Waals surface area contributed by atoms with Crippen LogP contribution in [-0.2, 0) is 11.6 Å². The van der Waals surface area contributed by atoms with E-state index in [-0.39, 0.29) is 11.9 Å². The lowest BCUT2D eigenvalue weighted by atomic mass is 9.78. The fourth-order valence-electron chi connectivity index (χ4n) is 7.42. The lowest BCUT2D eigenvalue weighted by molar-refractivity contribution is -0.293. The zero-order valence-corrected chi connectivity index (χ0v) is 29.8. The summed E-state index contributed by atoms with van der Waals surface area (Å²) in [7, 11) is 0. The van der Waals surface area contributed by atoms with Crippen LogP contribution in [0.15, 0.2) is 48.5 Å². The van der Waals surface area contributed by atoms with Crippen LogP contribution in [0.2, 0.25) is 0 Å². The molecule has 0 spiro atoms. The highest BCUT2D eigenvalue weighted by Crippen LogP contribution is 2.39. The summed E-state index contributed by atoms with van der Waals surface area (Å²) in [6.45, 7) is 13.4. The number of piperidine rings is 1. The summed E-state index contributed by atoms with van der Waals surface area (Å²) in [5.74, 6) is 0.104. The largest absolute Gasteiger partial charge is 0.336 e. The molecule has 45 heavy (non-hydrogen) atoms. The van der Waals surface area contributed by atoms with E-state index in [1.807, 2.05) is 39.8 Å². The molecule has 1 aliphatic rings. The molecule has 251 valence electrons. The van der Waals surface area contributed by atoms with Gasteiger partial charge >= 0.3 is 0 Å². The molecule has 1 aliphatic heterocycles. The minimum atomic E-state index is -0.506. The third-order valence-corrected chi connectivity index (χ3v) is 10.0. The number of benzene rings is 2. The Morgan fingerprint density at radius 2 is 1.07 bits per heavy atom. The summed E-state index contributed by atoms with van der Waals surface area (Å²) in [6.07, 6.45) is 21.8. The number of nitrogens with zero attached hydrogens (tertiary/aromatic N) is 2. The van der Waals surface area contributed by atoms with E-state index in [4.69, 9.17) is 0 Å². The van der Waals surface area contributed by atoms with Gasteiger partial charge < -0.3 is 4.90 Å². The number of rotatable bonds is 20. The number of carbonyl (C=O) groups is 1. The maximum atomic E-state index is 14.1. The predicted molar refractivity (Wildman–Crippen MR) is 191 cm³/mol. The Hall–Kier alpha value is -2.17. The molecule has 2 aromatic rings. The average molecular weight is 618 g/mol. The normalized spacial score (nSPS) is 16.6. The number of hydrogen-bond donors (Lipinski definition) is 0. The molecule has 0 unspecified atom stereocenters. The van der Waals surface area contributed by atoms with Crippen LogP contribution in [0.1, 0.15) is 167 Å². The van der Waals surface area contributed by atoms with Crippen molar-refractivity contribution >= 4 is 5.91 Å². The average Bonchev–Trinajstić information content (AvgIpc) is 3.02. The van der Waals surface area contributed by atoms with Gasteiger partial charge in [-0.2, -0.15) is 0 Å². The van der Waals surface area contributed by atoms with Crippen molar-refractivity contribution in [3.8, 4) is 11.1 Å². The molecule has 0 bridgehead atoms. The Balaban J connectivity index is 1.63. The van der Waals surface area contributed by atoms with Gasteiger partial charge in [-0.15, -0.1) is 10.3 Å². The molecule has 1 saturated heterocycles. The van der Waals surface area contributed by atoms with Crippen molar-refractivity contribution in [1.29, 1.82) is 0 Å². The van der Waals surface area contributed by atoms with Crippen LogP contribution in [-0.4, -0.2) is 39.5 Å². The van der Waals surface area contributed by atoms with Crippen LogP contribution in [0.5, 0.6) is 0 Å². The van der Waals surface area contributed by atoms with Gasteiger partial charge in [-0.25, -0.2) is 0 Å². The van der Waals surface area contributed by atoms with Crippen molar-refractivity contribution in [3.05, 3.63) is 59.7 Å². The standard InChI is InChI=1S/C41H65N2O2/c1-7-9-11-13-14-15-16-17-19-21-31-42(38-32-40(3,4)43(45)41(5,6)33-38)39(44)37-29-27-36(28-30-37)35-25-23-34(24-26-35)22-20-18-12-10-8-2/h23-30,38H,7-22,31-33H2,1-6H3. The smallest absolute Gasteiger partial charge is 0.254 e. The van der Waals surface area contributed by atoms with E-state index in [9.17, 15) is 10.0 Å². The number of hydrogen-bond acceptors (Lipinski definition) is 2. The van der Waals surface area contributed by atoms with Gasteiger partial charge in [0.05, 0.1) is 0 Å². The molecule has 0 saturated carbocycles. The van der Waals surface area contributed by atoms with Gasteiger partial charge in [0.25, 0.3) is 5.91 Å². The molecule has 4 nitrogen and oxygen atoms in total. The number of unbranched alkanes of at least 4 members (excludes halogenated alkanes) is 13. The van der Waals surface area contributed by atoms with Gasteiger partial charge in [0.15, 0.2) is 0 Å². The number of carbonyl (C=O) groups excluding carboxylic acids is 1. The van der Waals surface area contributed by atoms with Gasteiger partial charge in [-0.1, -0.05) is 134 Å². The Morgan fingerprint density at radius 3 is 1.56 bits per heavy atom. The van der Waals surface area contributed by atoms with E-state index in [2.05, 4.69) is 55.1 Å². The maximum absolute atomic E-state index is 14.1. The van der Waals surface area contributed by atoms with Gasteiger partial charge in [0.2, 0.25) is 0 Å². The molecule has 4 heteroatoms. The van der Waals surface area contributed by atoms with Gasteiger partial charge in [0.1, 0.15) is 0 Å². The summed E-state index contributed by atoms with van der Waals surface area (Å²) in [5.41, 5.74) is 3.47. The SMILES string of the molecule is CCCCCCCCCCCCN(C(=O)c1ccc(-c2ccc(CCCCCCC)cc2)cc1)C1CC(C)(C)N([O])C(C)(C)C1. The molecule has 0 aliphatic carbocycles. The van der Waals surface area contributed by atoms with Crippen LogP contribution in [0.4, 0.5) is 0 Å². The van der Waals surface area contributed by atoms with Crippen LogP contribution in [0.3, 0.4) is 0 Å². The second-order valence-corrected chi connectivity index (χ2v) is 15.1. The lowest BCUT2D eigenvalue weighted by Gasteiger charge is -2.52. The first kappa shape index (κ1) is 37.3. The first-order chi connectivity index (χ1) is 21.6. The number of hydroxylamine groups is 2. The first-order valence-electron chi connectivity index (χ1n) is 18.6. The van der Waals surface area contributed by atoms with Crippen molar-refractivity contribution < 1.29 is 10.0 Å². The molecule has 2 aromatic carbocycles. The van der Waals surface area contributed by atoms with Crippen LogP contribution in [0, 0.1) is 0 Å². The Bertz CT molecular complexity index is 1090. The lowest BCUT2D eigenvalue weighted by Crippen LogP contribution is -2.63. The first-order valence-corrected chi connectivity index (χ1v) is 18.6. The van der Waals surface area contributed by atoms with Crippen molar-refractivity contribution in [1.82, 2.24) is 9.96 Å². The van der Waals surface area contributed by atoms with Crippen LogP contribution in [0.25, 0.3) is 11.1 Å². The molecule has 1 heterocycles. The molecule has 0 N–H and O–H groups in total. The Morgan fingerprint density at radius 1 is 0.644 bits per heavy atom. The van der Waals surface area contributed by atoms with Crippen molar-refractivity contribution in [2.45, 2.75) is 174 Å². The zero-order valence-electron chi connectivity index (χ0n) is 29.8. The van der Waals surface area contributed by atoms with E-state index >= 15 is 0 Å². The van der Waals surface area contributed by atoms with Crippen molar-refractivity contribution in [2.75, 3.05) is 6.54 Å². The summed E-state index contributed by atoms with van der Waals surface area (Å²) in [4.78, 5) is 16.2. The highest BCUT2D eigenvalue weighted by Gasteiger charge is 2.48. The summed E-state index contributed by atoms with van der Waals surface area (Å²) in [5, 5.41) is 14.4. The van der Waals surface area contributed by atoms with Crippen LogP contribution >= 0.6 is 0 Å². The maximum Gasteiger partial charge on any atom is 0.254 e. The topological polar surface area (TPSA) is 43.5 Å². The van der Waals surface area contributed by atoms with Crippen LogP contribution < -0.4 is 0 Å². The van der Waals surface area contributed by atoms with E-state index in [1.165, 1.54) is 99.7 Å². The zero-order chi connectivity index (χ0) is 32.7. The molecule has 3 rings (SSSR count). The second-order valence-electron chi connectivity index (χ2n) is 15.1. The van der Waals surface area contributed by atoms with Gasteiger partial charge in [-0.05, 0) is 88.6 Å². The van der Waals surface area contributed by atoms with Crippen molar-refractivity contribution in [2.24, 2.45) is 0 Å². The quantitative estimate of drug-likeness (QED) is 0.139. The molecule has 1 radical (unpaired) electrons. The Kier molecular flexibility index (Phi) is 15.6. The van der Waals surface area contributed by atoms with E-state index < -0.39 is 11.1 Å². The summed E-state index contributed by atoms with van der Waals surface area (Å²) < 4.78 is 0. The van der Waals surface area contributed by atoms with E-state index in [1.54, 1.807) is 0 Å². The molecular weight excluding hydrogens is 552 g/mol. The molecule has 1 amide bonds. The third kappa shape index (κ3) is 11.9. The highest BCUT2D eigenvalue weighted by atomic mass is 16.5. The fraction of sp³-hybridized carbons (Fsp3) is 0.683. The van der Waals surface area contributed by atoms with Gasteiger partial charge in [0, 0.05) is 29.2 Å². The molecule has 0 atom stereocenters. The minimum absolute atomic E-state index is 0.0560. The Labute approximate surface area is 276 Å². The molecule has 1 fully saturated rings. The monoisotopic (exact) mass is 618 g/mol. The minimum Gasteiger partial charge on any atom is -0.336 e. The number of aryl methyl sites for hydroxylation is 1. The molecule has 0 aromatic heterocycles. The second kappa shape index (κ2) is 18.8. The summed E-state index contributed by atoms with van der Waals surface area (Å²) >= 11 is 0. The van der Waals surface area contributed by atoms with E-state index in [0.29, 0.717) is 12.8 Å². The molecular formula is C41H65N2O2. The number of amides is 1. The van der Waals surface area contributed by atoms with E-state index in [0.717, 1.165) is 36.9 Å². The van der Waals surface area contributed by atoms with Gasteiger partial charge in [-0.3, -0.25) is 4.79 Å².